The maximum absolute atomic E-state index is 10.9. The van der Waals surface area contributed by atoms with Crippen LogP contribution in [0, 0.1) is 11.3 Å². The fourth-order valence-corrected chi connectivity index (χ4v) is 3.23. The summed E-state index contributed by atoms with van der Waals surface area (Å²) in [6, 6.07) is 0. The highest BCUT2D eigenvalue weighted by Gasteiger charge is 2.39. The molecule has 1 N–H and O–H groups in total. The summed E-state index contributed by atoms with van der Waals surface area (Å²) in [5.74, 6) is 0.628. The van der Waals surface area contributed by atoms with Crippen LogP contribution in [0.2, 0.25) is 0 Å². The molecule has 1 aliphatic rings. The summed E-state index contributed by atoms with van der Waals surface area (Å²) in [6.07, 6.45) is 4.50. The van der Waals surface area contributed by atoms with Gasteiger partial charge in [0.15, 0.2) is 5.82 Å². The Bertz CT molecular complexity index is 469. The average molecular weight is 280 g/mol. The summed E-state index contributed by atoms with van der Waals surface area (Å²) < 4.78 is 1.83. The molecule has 0 radical (unpaired) electrons. The fraction of sp³-hybridized carbons (Fsp3) is 0.857. The van der Waals surface area contributed by atoms with Gasteiger partial charge in [-0.05, 0) is 34.6 Å². The van der Waals surface area contributed by atoms with Crippen LogP contribution in [0.3, 0.4) is 0 Å². The molecule has 6 nitrogen and oxygen atoms in total. The third kappa shape index (κ3) is 3.16. The van der Waals surface area contributed by atoms with Crippen LogP contribution in [0.4, 0.5) is 0 Å². The second-order valence-corrected chi connectivity index (χ2v) is 6.52. The van der Waals surface area contributed by atoms with E-state index in [2.05, 4.69) is 29.4 Å². The van der Waals surface area contributed by atoms with Gasteiger partial charge in [-0.3, -0.25) is 4.79 Å². The number of carbonyl (C=O) groups is 1. The Hall–Kier alpha value is -1.46. The number of hydrogen-bond acceptors (Lipinski definition) is 4. The van der Waals surface area contributed by atoms with Gasteiger partial charge in [0.05, 0.1) is 0 Å². The Kier molecular flexibility index (Phi) is 4.40. The molecule has 1 aromatic rings. The summed E-state index contributed by atoms with van der Waals surface area (Å²) in [5, 5.41) is 21.1. The molecule has 0 aliphatic heterocycles. The summed E-state index contributed by atoms with van der Waals surface area (Å²) >= 11 is 0. The van der Waals surface area contributed by atoms with E-state index in [1.54, 1.807) is 0 Å². The first-order valence-electron chi connectivity index (χ1n) is 7.42. The van der Waals surface area contributed by atoms with Gasteiger partial charge in [-0.1, -0.05) is 33.6 Å². The van der Waals surface area contributed by atoms with Crippen molar-refractivity contribution >= 4 is 5.97 Å². The second-order valence-electron chi connectivity index (χ2n) is 6.52. The molecule has 0 saturated heterocycles. The number of hydrogen-bond donors (Lipinski definition) is 1. The molecule has 6 heteroatoms. The Balaban J connectivity index is 2.14. The van der Waals surface area contributed by atoms with Crippen molar-refractivity contribution in [3.8, 4) is 0 Å². The highest BCUT2D eigenvalue weighted by atomic mass is 16.4. The Morgan fingerprint density at radius 2 is 2.30 bits per heavy atom. The van der Waals surface area contributed by atoms with E-state index in [4.69, 9.17) is 5.11 Å². The summed E-state index contributed by atoms with van der Waals surface area (Å²) in [7, 11) is 0. The predicted molar refractivity (Wildman–Crippen MR) is 74.2 cm³/mol. The normalized spacial score (nSPS) is 22.9. The lowest BCUT2D eigenvalue weighted by Gasteiger charge is -2.26. The van der Waals surface area contributed by atoms with Crippen molar-refractivity contribution in [2.75, 3.05) is 0 Å². The van der Waals surface area contributed by atoms with Gasteiger partial charge in [0, 0.05) is 18.9 Å². The lowest BCUT2D eigenvalue weighted by molar-refractivity contribution is -0.138. The Morgan fingerprint density at radius 1 is 1.55 bits per heavy atom. The lowest BCUT2D eigenvalue weighted by atomic mass is 9.81. The van der Waals surface area contributed by atoms with Gasteiger partial charge in [-0.15, -0.1) is 5.10 Å². The third-order valence-electron chi connectivity index (χ3n) is 4.60. The molecule has 0 amide bonds. The fourth-order valence-electron chi connectivity index (χ4n) is 3.23. The van der Waals surface area contributed by atoms with Crippen LogP contribution in [0.1, 0.15) is 64.6 Å². The minimum absolute atomic E-state index is 0.0827. The summed E-state index contributed by atoms with van der Waals surface area (Å²) in [6.45, 7) is 7.13. The van der Waals surface area contributed by atoms with Gasteiger partial charge in [0.1, 0.15) is 0 Å². The van der Waals surface area contributed by atoms with Gasteiger partial charge >= 0.3 is 5.97 Å². The molecule has 2 atom stereocenters. The van der Waals surface area contributed by atoms with Gasteiger partial charge in [-0.25, -0.2) is 4.68 Å². The average Bonchev–Trinajstić information content (AvgIpc) is 2.93. The molecule has 0 spiro atoms. The molecule has 0 aromatic carbocycles. The Morgan fingerprint density at radius 3 is 2.85 bits per heavy atom. The third-order valence-corrected chi connectivity index (χ3v) is 4.60. The molecule has 2 unspecified atom stereocenters. The smallest absolute Gasteiger partial charge is 0.303 e. The number of carboxylic acid groups (broad SMARTS) is 1. The van der Waals surface area contributed by atoms with E-state index in [1.165, 1.54) is 12.8 Å². The molecule has 0 bridgehead atoms. The number of tetrazole rings is 1. The summed E-state index contributed by atoms with van der Waals surface area (Å²) in [5.41, 5.74) is 0.223. The largest absolute Gasteiger partial charge is 0.481 e. The molecule has 1 aromatic heterocycles. The first-order valence-corrected chi connectivity index (χ1v) is 7.42. The lowest BCUT2D eigenvalue weighted by Crippen LogP contribution is -2.23. The first kappa shape index (κ1) is 14.9. The van der Waals surface area contributed by atoms with E-state index in [-0.39, 0.29) is 17.8 Å². The maximum Gasteiger partial charge on any atom is 0.303 e. The first-order chi connectivity index (χ1) is 9.44. The van der Waals surface area contributed by atoms with E-state index in [1.807, 2.05) is 11.6 Å². The van der Waals surface area contributed by atoms with Gasteiger partial charge in [-0.2, -0.15) is 0 Å². The molecule has 1 saturated carbocycles. The zero-order valence-electron chi connectivity index (χ0n) is 12.5. The van der Waals surface area contributed by atoms with E-state index >= 15 is 0 Å². The van der Waals surface area contributed by atoms with Crippen molar-refractivity contribution in [1.82, 2.24) is 20.2 Å². The van der Waals surface area contributed by atoms with E-state index in [9.17, 15) is 4.79 Å². The van der Waals surface area contributed by atoms with Gasteiger partial charge in [0.2, 0.25) is 0 Å². The highest BCUT2D eigenvalue weighted by molar-refractivity contribution is 5.66. The molecule has 112 valence electrons. The zero-order chi connectivity index (χ0) is 14.8. The number of aliphatic carboxylic acids is 1. The SMILES string of the molecule is CCC(CC(=O)O)Cn1nnnc1C1CCCC1(C)C. The van der Waals surface area contributed by atoms with Gasteiger partial charge in [0.25, 0.3) is 0 Å². The molecule has 1 aliphatic carbocycles. The zero-order valence-corrected chi connectivity index (χ0v) is 12.5. The number of aromatic nitrogens is 4. The standard InChI is InChI=1S/C14H24N4O2/c1-4-10(8-12(19)20)9-18-13(15-16-17-18)11-6-5-7-14(11,2)3/h10-11H,4-9H2,1-3H3,(H,19,20). The summed E-state index contributed by atoms with van der Waals surface area (Å²) in [4.78, 5) is 10.9. The molecular weight excluding hydrogens is 256 g/mol. The highest BCUT2D eigenvalue weighted by Crippen LogP contribution is 2.47. The number of carboxylic acids is 1. The van der Waals surface area contributed by atoms with Crippen molar-refractivity contribution in [2.45, 2.75) is 65.3 Å². The van der Waals surface area contributed by atoms with Crippen LogP contribution < -0.4 is 0 Å². The van der Waals surface area contributed by atoms with E-state index < -0.39 is 5.97 Å². The van der Waals surface area contributed by atoms with Crippen molar-refractivity contribution in [1.29, 1.82) is 0 Å². The molecule has 2 rings (SSSR count). The van der Waals surface area contributed by atoms with E-state index in [0.29, 0.717) is 12.5 Å². The minimum Gasteiger partial charge on any atom is -0.481 e. The van der Waals surface area contributed by atoms with Crippen molar-refractivity contribution in [3.63, 3.8) is 0 Å². The van der Waals surface area contributed by atoms with Crippen molar-refractivity contribution < 1.29 is 9.90 Å². The maximum atomic E-state index is 10.9. The predicted octanol–water partition coefficient (Wildman–Crippen LogP) is 2.47. The molecular formula is C14H24N4O2. The van der Waals surface area contributed by atoms with Crippen LogP contribution in [0.15, 0.2) is 0 Å². The number of nitrogens with zero attached hydrogens (tertiary/aromatic N) is 4. The second kappa shape index (κ2) is 5.89. The van der Waals surface area contributed by atoms with E-state index in [0.717, 1.165) is 18.7 Å². The number of rotatable bonds is 6. The minimum atomic E-state index is -0.757. The monoisotopic (exact) mass is 280 g/mol. The topological polar surface area (TPSA) is 80.9 Å². The molecule has 1 fully saturated rings. The van der Waals surface area contributed by atoms with Crippen LogP contribution in [-0.2, 0) is 11.3 Å². The molecule has 1 heterocycles. The van der Waals surface area contributed by atoms with Gasteiger partial charge < -0.3 is 5.11 Å². The van der Waals surface area contributed by atoms with Crippen LogP contribution in [-0.4, -0.2) is 31.3 Å². The van der Waals surface area contributed by atoms with Crippen LogP contribution >= 0.6 is 0 Å². The van der Waals surface area contributed by atoms with Crippen LogP contribution in [0.25, 0.3) is 0 Å². The van der Waals surface area contributed by atoms with Crippen molar-refractivity contribution in [2.24, 2.45) is 11.3 Å². The van der Waals surface area contributed by atoms with Crippen LogP contribution in [0.5, 0.6) is 0 Å². The van der Waals surface area contributed by atoms with Crippen molar-refractivity contribution in [3.05, 3.63) is 5.82 Å². The quantitative estimate of drug-likeness (QED) is 0.865. The Labute approximate surface area is 119 Å². The molecule has 20 heavy (non-hydrogen) atoms.